The van der Waals surface area contributed by atoms with Gasteiger partial charge >= 0.3 is 23.1 Å². The molecule has 0 aliphatic carbocycles. The van der Waals surface area contributed by atoms with Gasteiger partial charge in [-0.2, -0.15) is 0 Å². The van der Waals surface area contributed by atoms with Crippen molar-refractivity contribution in [1.82, 2.24) is 0 Å². The average molecular weight is 613 g/mol. The van der Waals surface area contributed by atoms with Crippen molar-refractivity contribution in [2.24, 2.45) is 0 Å². The third-order valence-corrected chi connectivity index (χ3v) is 5.91. The molecule has 0 rings (SSSR count). The zero-order valence-corrected chi connectivity index (χ0v) is 28.8. The number of hydrogen-bond donors (Lipinski definition) is 0. The molecule has 0 aliphatic heterocycles. The molecule has 0 aromatic rings. The summed E-state index contributed by atoms with van der Waals surface area (Å²) in [6.07, 6.45) is 34.9. The Morgan fingerprint density at radius 3 is 0.462 bits per heavy atom. The van der Waals surface area contributed by atoms with Gasteiger partial charge < -0.3 is 18.2 Å². The van der Waals surface area contributed by atoms with Gasteiger partial charge in [-0.1, -0.05) is 182 Å². The molecule has 0 unspecified atom stereocenters. The summed E-state index contributed by atoms with van der Waals surface area (Å²) in [5.74, 6) is 0. The van der Waals surface area contributed by atoms with Crippen molar-refractivity contribution in [3.05, 3.63) is 0 Å². The van der Waals surface area contributed by atoms with Crippen LogP contribution in [0, 0.1) is 0 Å². The van der Waals surface area contributed by atoms with Crippen LogP contribution in [-0.2, 0) is 20.8 Å². The Balaban J connectivity index is -0.000000145. The Kier molecular flexibility index (Phi) is 51.3. The van der Waals surface area contributed by atoms with Crippen LogP contribution in [0.4, 0.5) is 0 Å². The molecule has 0 aliphatic rings. The Morgan fingerprint density at radius 1 is 0.308 bits per heavy atom. The summed E-state index contributed by atoms with van der Waals surface area (Å²) in [6.45, 7) is 9.14. The van der Waals surface area contributed by atoms with E-state index >= 15 is 0 Å². The normalized spacial score (nSPS) is 10.7. The van der Waals surface area contributed by atoms with E-state index < -0.39 is 20.8 Å². The Morgan fingerprint density at radius 2 is 0.385 bits per heavy atom. The summed E-state index contributed by atoms with van der Waals surface area (Å²) in [7, 11) is -10.3. The molecule has 0 atom stereocenters. The first-order valence-electron chi connectivity index (χ1n) is 15.2. The Hall–Kier alpha value is 0.506. The number of hydrogen-bond acceptors (Lipinski definition) is 8. The van der Waals surface area contributed by atoms with Gasteiger partial charge in [0, 0.05) is 20.8 Å². The zero-order valence-electron chi connectivity index (χ0n) is 25.8. The number of rotatable bonds is 22. The maximum atomic E-state index is 8.52. The zero-order chi connectivity index (χ0) is 30.0. The fourth-order valence-corrected chi connectivity index (χ4v) is 3.83. The van der Waals surface area contributed by atoms with Gasteiger partial charge in [0.2, 0.25) is 0 Å². The van der Waals surface area contributed by atoms with Gasteiger partial charge in [0.05, 0.1) is 0 Å². The molecule has 0 radical (unpaired) electrons. The Labute approximate surface area is 259 Å². The first-order chi connectivity index (χ1) is 17.8. The second-order valence-electron chi connectivity index (χ2n) is 9.89. The molecule has 0 aromatic heterocycles. The van der Waals surface area contributed by atoms with Crippen molar-refractivity contribution in [3.8, 4) is 0 Å². The summed E-state index contributed by atoms with van der Waals surface area (Å²) in [4.78, 5) is 0. The summed E-state index contributed by atoms with van der Waals surface area (Å²) in [6, 6.07) is 0. The molecule has 0 N–H and O–H groups in total. The molecule has 8 nitrogen and oxygen atoms in total. The number of unbranched alkanes of at least 4 members (excludes halogenated alkanes) is 22. The van der Waals surface area contributed by atoms with E-state index in [4.69, 9.17) is 35.0 Å². The SMILES string of the molecule is CCCCCCCCCCCCCC.CCCCCCCCCCCCCC.O=S(=O)([O-])[O-].O=S(=O)([O-])[O-].[Mg+2]. The molecule has 0 fully saturated rings. The second kappa shape index (κ2) is 40.6. The molecule has 0 saturated heterocycles. The predicted octanol–water partition coefficient (Wildman–Crippen LogP) is 8.36. The molecule has 11 heteroatoms. The van der Waals surface area contributed by atoms with E-state index in [1.807, 2.05) is 0 Å². The van der Waals surface area contributed by atoms with Crippen molar-refractivity contribution in [1.29, 1.82) is 0 Å². The molecule has 0 aromatic carbocycles. The molecular formula is C28H60MgO8S2-2. The van der Waals surface area contributed by atoms with Crippen LogP contribution in [0.1, 0.15) is 182 Å². The van der Waals surface area contributed by atoms with E-state index in [0.29, 0.717) is 0 Å². The molecule has 39 heavy (non-hydrogen) atoms. The monoisotopic (exact) mass is 612 g/mol. The van der Waals surface area contributed by atoms with Crippen molar-refractivity contribution >= 4 is 43.9 Å². The van der Waals surface area contributed by atoms with Crippen LogP contribution >= 0.6 is 0 Å². The average Bonchev–Trinajstić information content (AvgIpc) is 2.80. The minimum absolute atomic E-state index is 0. The summed E-state index contributed by atoms with van der Waals surface area (Å²) >= 11 is 0. The maximum Gasteiger partial charge on any atom is 2.00 e. The van der Waals surface area contributed by atoms with Gasteiger partial charge in [0.15, 0.2) is 0 Å². The van der Waals surface area contributed by atoms with Gasteiger partial charge in [0.1, 0.15) is 0 Å². The molecule has 0 spiro atoms. The smallest absolute Gasteiger partial charge is 0.759 e. The third kappa shape index (κ3) is 101. The van der Waals surface area contributed by atoms with E-state index in [2.05, 4.69) is 27.7 Å². The van der Waals surface area contributed by atoms with E-state index in [-0.39, 0.29) is 23.1 Å². The Bertz CT molecular complexity index is 521. The van der Waals surface area contributed by atoms with Gasteiger partial charge in [-0.3, -0.25) is 16.8 Å². The molecule has 236 valence electrons. The molecule has 0 bridgehead atoms. The minimum atomic E-state index is -5.17. The largest absolute Gasteiger partial charge is 2.00 e. The maximum absolute atomic E-state index is 8.52. The molecule has 0 heterocycles. The predicted molar refractivity (Wildman–Crippen MR) is 160 cm³/mol. The van der Waals surface area contributed by atoms with Crippen LogP contribution in [0.2, 0.25) is 0 Å². The van der Waals surface area contributed by atoms with Crippen molar-refractivity contribution in [2.45, 2.75) is 182 Å². The van der Waals surface area contributed by atoms with Gasteiger partial charge in [-0.15, -0.1) is 0 Å². The summed E-state index contributed by atoms with van der Waals surface area (Å²) < 4.78 is 68.2. The van der Waals surface area contributed by atoms with Gasteiger partial charge in [0.25, 0.3) is 0 Å². The molecular weight excluding hydrogens is 553 g/mol. The van der Waals surface area contributed by atoms with Crippen LogP contribution in [-0.4, -0.2) is 58.1 Å². The quantitative estimate of drug-likeness (QED) is 0.0509. The molecule has 0 amide bonds. The van der Waals surface area contributed by atoms with Gasteiger partial charge in [-0.05, 0) is 0 Å². The van der Waals surface area contributed by atoms with Crippen molar-refractivity contribution in [2.75, 3.05) is 0 Å². The van der Waals surface area contributed by atoms with Crippen molar-refractivity contribution in [3.63, 3.8) is 0 Å². The van der Waals surface area contributed by atoms with Crippen LogP contribution in [0.3, 0.4) is 0 Å². The van der Waals surface area contributed by atoms with Gasteiger partial charge in [-0.25, -0.2) is 0 Å². The van der Waals surface area contributed by atoms with Crippen LogP contribution in [0.15, 0.2) is 0 Å². The topological polar surface area (TPSA) is 161 Å². The van der Waals surface area contributed by atoms with Crippen molar-refractivity contribution < 1.29 is 35.0 Å². The second-order valence-corrected chi connectivity index (χ2v) is 11.5. The summed E-state index contributed by atoms with van der Waals surface area (Å²) in [5, 5.41) is 0. The van der Waals surface area contributed by atoms with Crippen LogP contribution < -0.4 is 0 Å². The first-order valence-corrected chi connectivity index (χ1v) is 17.8. The van der Waals surface area contributed by atoms with Crippen LogP contribution in [0.25, 0.3) is 0 Å². The standard InChI is InChI=1S/2C14H30.Mg.2H2O4S/c2*1-3-5-7-9-11-13-14-12-10-8-6-4-2;;2*1-5(2,3)4/h2*3-14H2,1-2H3;;2*(H2,1,2,3,4)/q;;+2;;/p-4. The van der Waals surface area contributed by atoms with E-state index in [1.165, 1.54) is 154 Å². The van der Waals surface area contributed by atoms with E-state index in [0.717, 1.165) is 0 Å². The fraction of sp³-hybridized carbons (Fsp3) is 1.00. The third-order valence-electron chi connectivity index (χ3n) is 5.91. The van der Waals surface area contributed by atoms with E-state index in [1.54, 1.807) is 0 Å². The van der Waals surface area contributed by atoms with Crippen LogP contribution in [0.5, 0.6) is 0 Å². The minimum Gasteiger partial charge on any atom is -0.759 e. The molecule has 0 saturated carbocycles. The first kappa shape index (κ1) is 49.2. The summed E-state index contributed by atoms with van der Waals surface area (Å²) in [5.41, 5.74) is 0. The van der Waals surface area contributed by atoms with E-state index in [9.17, 15) is 0 Å². The fourth-order valence-electron chi connectivity index (χ4n) is 3.83.